The summed E-state index contributed by atoms with van der Waals surface area (Å²) in [6.45, 7) is 0.656. The van der Waals surface area contributed by atoms with Crippen LogP contribution in [0.5, 0.6) is 0 Å². The van der Waals surface area contributed by atoms with Crippen LogP contribution in [0.1, 0.15) is 5.56 Å². The minimum absolute atomic E-state index is 0.656. The van der Waals surface area contributed by atoms with Crippen molar-refractivity contribution in [1.82, 2.24) is 15.0 Å². The molecule has 0 saturated heterocycles. The van der Waals surface area contributed by atoms with Gasteiger partial charge in [0.05, 0.1) is 12.7 Å². The first-order valence-corrected chi connectivity index (χ1v) is 5.21. The fraction of sp³-hybridized carbons (Fsp3) is 0.111. The van der Waals surface area contributed by atoms with Gasteiger partial charge in [0.1, 0.15) is 4.60 Å². The Bertz CT molecular complexity index is 424. The summed E-state index contributed by atoms with van der Waals surface area (Å²) in [6.07, 6.45) is 1.66. The van der Waals surface area contributed by atoms with Crippen molar-refractivity contribution in [2.45, 2.75) is 6.54 Å². The third-order valence-corrected chi connectivity index (χ3v) is 2.36. The zero-order chi connectivity index (χ0) is 9.97. The molecular formula is C9H7BrClN3. The van der Waals surface area contributed by atoms with E-state index in [1.54, 1.807) is 11.0 Å². The molecule has 5 heteroatoms. The monoisotopic (exact) mass is 271 g/mol. The Balaban J connectivity index is 2.15. The number of rotatable bonds is 2. The van der Waals surface area contributed by atoms with Crippen LogP contribution >= 0.6 is 27.5 Å². The van der Waals surface area contributed by atoms with Crippen LogP contribution < -0.4 is 0 Å². The van der Waals surface area contributed by atoms with Crippen LogP contribution in [-0.2, 0) is 6.54 Å². The van der Waals surface area contributed by atoms with Crippen LogP contribution in [0.15, 0.2) is 35.1 Å². The van der Waals surface area contributed by atoms with Crippen LogP contribution in [0.4, 0.5) is 0 Å². The van der Waals surface area contributed by atoms with Gasteiger partial charge in [-0.25, -0.2) is 0 Å². The minimum Gasteiger partial charge on any atom is -0.179 e. The molecule has 0 bridgehead atoms. The molecule has 0 N–H and O–H groups in total. The fourth-order valence-electron chi connectivity index (χ4n) is 1.11. The fourth-order valence-corrected chi connectivity index (χ4v) is 1.51. The highest BCUT2D eigenvalue weighted by Gasteiger charge is 1.98. The van der Waals surface area contributed by atoms with E-state index in [4.69, 9.17) is 11.6 Å². The van der Waals surface area contributed by atoms with Crippen molar-refractivity contribution in [3.8, 4) is 0 Å². The van der Waals surface area contributed by atoms with E-state index in [9.17, 15) is 0 Å². The van der Waals surface area contributed by atoms with Crippen molar-refractivity contribution in [3.05, 3.63) is 45.7 Å². The molecule has 1 aromatic carbocycles. The van der Waals surface area contributed by atoms with Gasteiger partial charge in [-0.05, 0) is 33.6 Å². The van der Waals surface area contributed by atoms with E-state index in [0.717, 1.165) is 15.2 Å². The Morgan fingerprint density at radius 1 is 1.29 bits per heavy atom. The molecule has 0 spiro atoms. The highest BCUT2D eigenvalue weighted by atomic mass is 79.9. The molecule has 1 heterocycles. The predicted octanol–water partition coefficient (Wildman–Crippen LogP) is 2.74. The van der Waals surface area contributed by atoms with Crippen molar-refractivity contribution in [2.24, 2.45) is 0 Å². The van der Waals surface area contributed by atoms with E-state index in [1.807, 2.05) is 24.3 Å². The Labute approximate surface area is 94.8 Å². The Kier molecular flexibility index (Phi) is 2.84. The first-order chi connectivity index (χ1) is 6.74. The van der Waals surface area contributed by atoms with E-state index in [2.05, 4.69) is 26.1 Å². The van der Waals surface area contributed by atoms with Crippen molar-refractivity contribution in [2.75, 3.05) is 0 Å². The normalized spacial score (nSPS) is 10.4. The maximum absolute atomic E-state index is 5.77. The van der Waals surface area contributed by atoms with Crippen LogP contribution in [0.2, 0.25) is 5.02 Å². The quantitative estimate of drug-likeness (QED) is 0.841. The highest BCUT2D eigenvalue weighted by Crippen LogP contribution is 2.10. The van der Waals surface area contributed by atoms with Crippen molar-refractivity contribution < 1.29 is 0 Å². The smallest absolute Gasteiger partial charge is 0.148 e. The Morgan fingerprint density at radius 2 is 2.00 bits per heavy atom. The van der Waals surface area contributed by atoms with Crippen molar-refractivity contribution in [1.29, 1.82) is 0 Å². The third kappa shape index (κ3) is 2.33. The lowest BCUT2D eigenvalue weighted by Gasteiger charge is -1.99. The molecule has 0 unspecified atom stereocenters. The lowest BCUT2D eigenvalue weighted by atomic mass is 10.2. The average molecular weight is 273 g/mol. The summed E-state index contributed by atoms with van der Waals surface area (Å²) in [5, 5.41) is 8.92. The Hall–Kier alpha value is -0.870. The summed E-state index contributed by atoms with van der Waals surface area (Å²) in [5.41, 5.74) is 1.12. The van der Waals surface area contributed by atoms with Gasteiger partial charge in [0, 0.05) is 5.02 Å². The molecule has 0 fully saturated rings. The molecule has 72 valence electrons. The van der Waals surface area contributed by atoms with Crippen molar-refractivity contribution >= 4 is 27.5 Å². The maximum Gasteiger partial charge on any atom is 0.148 e. The number of hydrogen-bond acceptors (Lipinski definition) is 2. The van der Waals surface area contributed by atoms with E-state index < -0.39 is 0 Å². The molecule has 0 radical (unpaired) electrons. The molecule has 2 aromatic rings. The van der Waals surface area contributed by atoms with Crippen molar-refractivity contribution in [3.63, 3.8) is 0 Å². The summed E-state index contributed by atoms with van der Waals surface area (Å²) in [7, 11) is 0. The average Bonchev–Trinajstić information content (AvgIpc) is 2.56. The molecule has 0 aliphatic carbocycles. The van der Waals surface area contributed by atoms with E-state index in [0.29, 0.717) is 6.54 Å². The molecule has 14 heavy (non-hydrogen) atoms. The van der Waals surface area contributed by atoms with Gasteiger partial charge < -0.3 is 0 Å². The van der Waals surface area contributed by atoms with Gasteiger partial charge >= 0.3 is 0 Å². The number of halogens is 2. The van der Waals surface area contributed by atoms with Gasteiger partial charge in [0.2, 0.25) is 0 Å². The third-order valence-electron chi connectivity index (χ3n) is 1.75. The number of aromatic nitrogens is 3. The van der Waals surface area contributed by atoms with Crippen LogP contribution in [0, 0.1) is 0 Å². The van der Waals surface area contributed by atoms with Crippen LogP contribution in [0.25, 0.3) is 0 Å². The first kappa shape index (κ1) is 9.68. The molecule has 0 aliphatic rings. The van der Waals surface area contributed by atoms with Gasteiger partial charge in [0.25, 0.3) is 0 Å². The van der Waals surface area contributed by atoms with Gasteiger partial charge in [-0.3, -0.25) is 0 Å². The SMILES string of the molecule is Clc1ccc(Cn2ncc(Br)n2)cc1. The van der Waals surface area contributed by atoms with Gasteiger partial charge in [-0.15, -0.1) is 5.10 Å². The molecule has 0 aliphatic heterocycles. The molecule has 2 rings (SSSR count). The molecule has 0 atom stereocenters. The lowest BCUT2D eigenvalue weighted by molar-refractivity contribution is 0.588. The summed E-state index contributed by atoms with van der Waals surface area (Å²) in [6, 6.07) is 7.63. The van der Waals surface area contributed by atoms with Gasteiger partial charge in [-0.1, -0.05) is 23.7 Å². The molecule has 1 aromatic heterocycles. The largest absolute Gasteiger partial charge is 0.179 e. The zero-order valence-electron chi connectivity index (χ0n) is 7.19. The number of benzene rings is 1. The van der Waals surface area contributed by atoms with Gasteiger partial charge in [0.15, 0.2) is 0 Å². The molecule has 3 nitrogen and oxygen atoms in total. The second-order valence-corrected chi connectivity index (χ2v) is 4.07. The topological polar surface area (TPSA) is 30.7 Å². The standard InChI is InChI=1S/C9H7BrClN3/c10-9-5-12-14(13-9)6-7-1-3-8(11)4-2-7/h1-5H,6H2. The second-order valence-electron chi connectivity index (χ2n) is 2.82. The Morgan fingerprint density at radius 3 is 2.57 bits per heavy atom. The van der Waals surface area contributed by atoms with E-state index in [-0.39, 0.29) is 0 Å². The zero-order valence-corrected chi connectivity index (χ0v) is 9.53. The van der Waals surface area contributed by atoms with Gasteiger partial charge in [-0.2, -0.15) is 9.90 Å². The number of nitrogens with zero attached hydrogens (tertiary/aromatic N) is 3. The summed E-state index contributed by atoms with van der Waals surface area (Å²) >= 11 is 9.01. The van der Waals surface area contributed by atoms with Crippen LogP contribution in [-0.4, -0.2) is 15.0 Å². The molecule has 0 saturated carbocycles. The second kappa shape index (κ2) is 4.11. The highest BCUT2D eigenvalue weighted by molar-refractivity contribution is 9.10. The lowest BCUT2D eigenvalue weighted by Crippen LogP contribution is -2.03. The summed E-state index contributed by atoms with van der Waals surface area (Å²) < 4.78 is 0.742. The molecule has 0 amide bonds. The summed E-state index contributed by atoms with van der Waals surface area (Å²) in [5.74, 6) is 0. The maximum atomic E-state index is 5.77. The van der Waals surface area contributed by atoms with E-state index in [1.165, 1.54) is 0 Å². The molecular weight excluding hydrogens is 265 g/mol. The first-order valence-electron chi connectivity index (χ1n) is 4.04. The number of hydrogen-bond donors (Lipinski definition) is 0. The summed E-state index contributed by atoms with van der Waals surface area (Å²) in [4.78, 5) is 1.62. The van der Waals surface area contributed by atoms with E-state index >= 15 is 0 Å². The minimum atomic E-state index is 0.656. The predicted molar refractivity (Wildman–Crippen MR) is 58.3 cm³/mol. The van der Waals surface area contributed by atoms with Crippen LogP contribution in [0.3, 0.4) is 0 Å².